The summed E-state index contributed by atoms with van der Waals surface area (Å²) in [4.78, 5) is 12.8. The molecule has 3 rings (SSSR count). The molecule has 1 amide bonds. The summed E-state index contributed by atoms with van der Waals surface area (Å²) in [5.74, 6) is 1.60. The van der Waals surface area contributed by atoms with E-state index in [1.165, 1.54) is 6.08 Å². The number of hydrogen-bond donors (Lipinski definition) is 1. The van der Waals surface area contributed by atoms with Crippen molar-refractivity contribution in [3.05, 3.63) is 91.3 Å². The molecule has 0 fully saturated rings. The van der Waals surface area contributed by atoms with E-state index in [0.717, 1.165) is 20.1 Å². The molecular formula is C27H26Br2ClNO4. The normalized spacial score (nSPS) is 11.8. The Labute approximate surface area is 227 Å². The van der Waals surface area contributed by atoms with Crippen LogP contribution in [0, 0.1) is 0 Å². The lowest BCUT2D eigenvalue weighted by Gasteiger charge is -2.20. The molecule has 0 aliphatic heterocycles. The minimum absolute atomic E-state index is 0.230. The van der Waals surface area contributed by atoms with Gasteiger partial charge in [-0.2, -0.15) is 0 Å². The summed E-state index contributed by atoms with van der Waals surface area (Å²) in [6.45, 7) is 2.38. The van der Waals surface area contributed by atoms with Gasteiger partial charge in [0.15, 0.2) is 11.5 Å². The van der Waals surface area contributed by atoms with Gasteiger partial charge >= 0.3 is 0 Å². The number of halogens is 3. The molecule has 0 radical (unpaired) electrons. The molecule has 0 bridgehead atoms. The zero-order chi connectivity index (χ0) is 25.4. The van der Waals surface area contributed by atoms with Crippen molar-refractivity contribution in [3.63, 3.8) is 0 Å². The van der Waals surface area contributed by atoms with Crippen molar-refractivity contribution in [2.24, 2.45) is 0 Å². The van der Waals surface area contributed by atoms with Crippen molar-refractivity contribution in [1.29, 1.82) is 0 Å². The van der Waals surface area contributed by atoms with Crippen molar-refractivity contribution in [2.75, 3.05) is 14.2 Å². The van der Waals surface area contributed by atoms with Gasteiger partial charge in [-0.15, -0.1) is 0 Å². The molecule has 1 atom stereocenters. The fourth-order valence-electron chi connectivity index (χ4n) is 3.47. The monoisotopic (exact) mass is 621 g/mol. The van der Waals surface area contributed by atoms with E-state index in [9.17, 15) is 4.79 Å². The van der Waals surface area contributed by atoms with Gasteiger partial charge in [0.1, 0.15) is 12.4 Å². The molecule has 0 spiro atoms. The second-order valence-corrected chi connectivity index (χ2v) is 9.74. The number of ether oxygens (including phenoxy) is 3. The SMILES string of the molecule is CC[C@@H](NC(=O)/C=C/c1cc(Cl)ccc1OCc1ccccc1Br)c1cc(OC)c(OC)cc1Br. The van der Waals surface area contributed by atoms with E-state index >= 15 is 0 Å². The Hall–Kier alpha value is -2.48. The number of benzene rings is 3. The van der Waals surface area contributed by atoms with Gasteiger partial charge in [-0.25, -0.2) is 0 Å². The third-order valence-electron chi connectivity index (χ3n) is 5.33. The third-order valence-corrected chi connectivity index (χ3v) is 7.03. The number of hydrogen-bond acceptors (Lipinski definition) is 4. The minimum atomic E-state index is -0.240. The second-order valence-electron chi connectivity index (χ2n) is 7.59. The quantitative estimate of drug-likeness (QED) is 0.235. The molecule has 3 aromatic carbocycles. The Bertz CT molecular complexity index is 1220. The van der Waals surface area contributed by atoms with Crippen molar-refractivity contribution in [3.8, 4) is 17.2 Å². The molecule has 0 aromatic heterocycles. The summed E-state index contributed by atoms with van der Waals surface area (Å²) in [6.07, 6.45) is 3.87. The first kappa shape index (κ1) is 27.1. The van der Waals surface area contributed by atoms with Crippen LogP contribution in [0.25, 0.3) is 6.08 Å². The van der Waals surface area contributed by atoms with Crippen molar-refractivity contribution >= 4 is 55.4 Å². The molecular weight excluding hydrogens is 598 g/mol. The Morgan fingerprint density at radius 3 is 2.40 bits per heavy atom. The lowest BCUT2D eigenvalue weighted by Crippen LogP contribution is -2.26. The summed E-state index contributed by atoms with van der Waals surface area (Å²) < 4.78 is 18.6. The van der Waals surface area contributed by atoms with Crippen molar-refractivity contribution < 1.29 is 19.0 Å². The predicted molar refractivity (Wildman–Crippen MR) is 147 cm³/mol. The smallest absolute Gasteiger partial charge is 0.244 e. The van der Waals surface area contributed by atoms with Crippen LogP contribution in [0.1, 0.15) is 36.1 Å². The van der Waals surface area contributed by atoms with Crippen LogP contribution in [0.3, 0.4) is 0 Å². The molecule has 184 valence electrons. The van der Waals surface area contributed by atoms with Crippen LogP contribution in [0.2, 0.25) is 5.02 Å². The van der Waals surface area contributed by atoms with Gasteiger partial charge in [0.25, 0.3) is 0 Å². The fraction of sp³-hybridized carbons (Fsp3) is 0.222. The lowest BCUT2D eigenvalue weighted by molar-refractivity contribution is -0.117. The minimum Gasteiger partial charge on any atom is -0.493 e. The molecule has 0 aliphatic rings. The number of methoxy groups -OCH3 is 2. The summed E-state index contributed by atoms with van der Waals surface area (Å²) in [5.41, 5.74) is 2.62. The third kappa shape index (κ3) is 7.26. The molecule has 5 nitrogen and oxygen atoms in total. The molecule has 35 heavy (non-hydrogen) atoms. The first-order valence-electron chi connectivity index (χ1n) is 10.9. The van der Waals surface area contributed by atoms with Gasteiger partial charge in [-0.3, -0.25) is 4.79 Å². The van der Waals surface area contributed by atoms with Crippen LogP contribution in [0.15, 0.2) is 69.6 Å². The number of carbonyl (C=O) groups is 1. The predicted octanol–water partition coefficient (Wildman–Crippen LogP) is 7.74. The largest absolute Gasteiger partial charge is 0.493 e. The highest BCUT2D eigenvalue weighted by Crippen LogP contribution is 2.37. The first-order valence-corrected chi connectivity index (χ1v) is 12.9. The average molecular weight is 624 g/mol. The van der Waals surface area contributed by atoms with Crippen LogP contribution < -0.4 is 19.5 Å². The molecule has 0 saturated heterocycles. The topological polar surface area (TPSA) is 56.8 Å². The van der Waals surface area contributed by atoms with Crippen LogP contribution in [-0.4, -0.2) is 20.1 Å². The van der Waals surface area contributed by atoms with Crippen LogP contribution in [-0.2, 0) is 11.4 Å². The van der Waals surface area contributed by atoms with E-state index < -0.39 is 0 Å². The van der Waals surface area contributed by atoms with Gasteiger partial charge in [0, 0.05) is 31.2 Å². The fourth-order valence-corrected chi connectivity index (χ4v) is 4.65. The van der Waals surface area contributed by atoms with Crippen molar-refractivity contribution in [2.45, 2.75) is 26.0 Å². The molecule has 0 heterocycles. The van der Waals surface area contributed by atoms with E-state index in [1.807, 2.05) is 43.3 Å². The molecule has 0 aliphatic carbocycles. The maximum atomic E-state index is 12.8. The maximum Gasteiger partial charge on any atom is 0.244 e. The highest BCUT2D eigenvalue weighted by molar-refractivity contribution is 9.10. The second kappa shape index (κ2) is 13.0. The Kier molecular flexibility index (Phi) is 10.1. The summed E-state index contributed by atoms with van der Waals surface area (Å²) in [5, 5.41) is 3.60. The number of nitrogens with one attached hydrogen (secondary N) is 1. The Morgan fingerprint density at radius 2 is 1.71 bits per heavy atom. The highest BCUT2D eigenvalue weighted by Gasteiger charge is 2.18. The van der Waals surface area contributed by atoms with Gasteiger partial charge in [-0.1, -0.05) is 68.6 Å². The van der Waals surface area contributed by atoms with Crippen LogP contribution in [0.4, 0.5) is 0 Å². The average Bonchev–Trinajstić information content (AvgIpc) is 2.86. The van der Waals surface area contributed by atoms with Gasteiger partial charge in [0.2, 0.25) is 5.91 Å². The van der Waals surface area contributed by atoms with E-state index in [4.69, 9.17) is 25.8 Å². The summed E-state index contributed by atoms with van der Waals surface area (Å²) in [7, 11) is 3.17. The van der Waals surface area contributed by atoms with Crippen LogP contribution in [0.5, 0.6) is 17.2 Å². The van der Waals surface area contributed by atoms with Crippen LogP contribution >= 0.6 is 43.5 Å². The summed E-state index contributed by atoms with van der Waals surface area (Å²) >= 11 is 13.3. The zero-order valence-electron chi connectivity index (χ0n) is 19.6. The van der Waals surface area contributed by atoms with Gasteiger partial charge in [-0.05, 0) is 54.5 Å². The summed E-state index contributed by atoms with van der Waals surface area (Å²) in [6, 6.07) is 16.7. The van der Waals surface area contributed by atoms with E-state index in [1.54, 1.807) is 38.5 Å². The molecule has 0 unspecified atom stereocenters. The zero-order valence-corrected chi connectivity index (χ0v) is 23.5. The van der Waals surface area contributed by atoms with E-state index in [-0.39, 0.29) is 11.9 Å². The van der Waals surface area contributed by atoms with Gasteiger partial charge in [0.05, 0.1) is 20.3 Å². The number of amides is 1. The molecule has 0 saturated carbocycles. The lowest BCUT2D eigenvalue weighted by atomic mass is 10.0. The Morgan fingerprint density at radius 1 is 1.00 bits per heavy atom. The molecule has 1 N–H and O–H groups in total. The number of rotatable bonds is 10. The highest BCUT2D eigenvalue weighted by atomic mass is 79.9. The maximum absolute atomic E-state index is 12.8. The van der Waals surface area contributed by atoms with Crippen molar-refractivity contribution in [1.82, 2.24) is 5.32 Å². The molecule has 3 aromatic rings. The van der Waals surface area contributed by atoms with Gasteiger partial charge < -0.3 is 19.5 Å². The van der Waals surface area contributed by atoms with E-state index in [2.05, 4.69) is 37.2 Å². The first-order chi connectivity index (χ1) is 16.9. The molecule has 8 heteroatoms. The Balaban J connectivity index is 1.75. The van der Waals surface area contributed by atoms with E-state index in [0.29, 0.717) is 40.9 Å². The number of carbonyl (C=O) groups excluding carboxylic acids is 1. The standard InChI is InChI=1S/C27H26Br2ClNO4/c1-4-23(20-14-25(33-2)26(34-3)15-22(20)29)31-27(32)12-9-17-13-19(30)10-11-24(17)35-16-18-7-5-6-8-21(18)28/h5-15,23H,4,16H2,1-3H3,(H,31,32)/b12-9+/t23-/m1/s1.